The van der Waals surface area contributed by atoms with E-state index >= 15 is 0 Å². The summed E-state index contributed by atoms with van der Waals surface area (Å²) in [5, 5.41) is 5.08. The highest BCUT2D eigenvalue weighted by atomic mass is 32.2. The zero-order valence-electron chi connectivity index (χ0n) is 18.7. The SMILES string of the molecule is Cc1cc(C)n2nc(SCc3ccccc3C(=O)OCc3cccc(OCC(N)=O)c3)nc2n1. The number of amides is 1. The maximum absolute atomic E-state index is 12.8. The summed E-state index contributed by atoms with van der Waals surface area (Å²) in [5.74, 6) is 0.526. The maximum atomic E-state index is 12.8. The molecule has 0 fully saturated rings. The number of ether oxygens (including phenoxy) is 2. The summed E-state index contributed by atoms with van der Waals surface area (Å²) >= 11 is 1.42. The first-order valence-electron chi connectivity index (χ1n) is 10.5. The highest BCUT2D eigenvalue weighted by Gasteiger charge is 2.15. The lowest BCUT2D eigenvalue weighted by atomic mass is 10.1. The summed E-state index contributed by atoms with van der Waals surface area (Å²) in [7, 11) is 0. The minimum Gasteiger partial charge on any atom is -0.484 e. The van der Waals surface area contributed by atoms with Crippen molar-refractivity contribution in [3.8, 4) is 5.75 Å². The van der Waals surface area contributed by atoms with Gasteiger partial charge in [0.1, 0.15) is 12.4 Å². The molecule has 0 spiro atoms. The molecule has 9 nitrogen and oxygen atoms in total. The number of hydrogen-bond donors (Lipinski definition) is 1. The van der Waals surface area contributed by atoms with Gasteiger partial charge in [-0.1, -0.05) is 42.1 Å². The summed E-state index contributed by atoms with van der Waals surface area (Å²) in [6, 6.07) is 16.2. The van der Waals surface area contributed by atoms with Gasteiger partial charge in [0.2, 0.25) is 5.16 Å². The number of hydrogen-bond acceptors (Lipinski definition) is 8. The molecule has 2 aromatic heterocycles. The molecule has 0 unspecified atom stereocenters. The first-order chi connectivity index (χ1) is 16.4. The molecule has 0 aliphatic rings. The van der Waals surface area contributed by atoms with Gasteiger partial charge in [-0.3, -0.25) is 4.79 Å². The minimum absolute atomic E-state index is 0.0619. The fraction of sp³-hybridized carbons (Fsp3) is 0.208. The Bertz CT molecular complexity index is 1350. The number of carbonyl (C=O) groups excluding carboxylic acids is 2. The zero-order valence-corrected chi connectivity index (χ0v) is 19.5. The molecule has 0 saturated carbocycles. The number of nitrogens with zero attached hydrogens (tertiary/aromatic N) is 4. The number of aromatic nitrogens is 4. The molecule has 2 aromatic carbocycles. The number of fused-ring (bicyclic) bond motifs is 1. The van der Waals surface area contributed by atoms with E-state index in [0.717, 1.165) is 22.5 Å². The fourth-order valence-electron chi connectivity index (χ4n) is 3.30. The number of benzene rings is 2. The van der Waals surface area contributed by atoms with Crippen LogP contribution in [0.4, 0.5) is 0 Å². The van der Waals surface area contributed by atoms with Crippen LogP contribution in [0.15, 0.2) is 59.8 Å². The van der Waals surface area contributed by atoms with E-state index in [-0.39, 0.29) is 13.2 Å². The van der Waals surface area contributed by atoms with Crippen molar-refractivity contribution in [1.29, 1.82) is 0 Å². The second kappa shape index (κ2) is 10.3. The lowest BCUT2D eigenvalue weighted by molar-refractivity contribution is -0.119. The Morgan fingerprint density at radius 3 is 2.71 bits per heavy atom. The summed E-state index contributed by atoms with van der Waals surface area (Å²) in [5.41, 5.74) is 8.96. The predicted octanol–water partition coefficient (Wildman–Crippen LogP) is 3.25. The Kier molecular flexibility index (Phi) is 7.07. The van der Waals surface area contributed by atoms with Crippen molar-refractivity contribution in [2.45, 2.75) is 31.4 Å². The Balaban J connectivity index is 1.41. The van der Waals surface area contributed by atoms with E-state index in [4.69, 9.17) is 15.2 Å². The van der Waals surface area contributed by atoms with E-state index < -0.39 is 11.9 Å². The average molecular weight is 478 g/mol. The lowest BCUT2D eigenvalue weighted by Gasteiger charge is -2.10. The second-order valence-electron chi connectivity index (χ2n) is 7.57. The van der Waals surface area contributed by atoms with Gasteiger partial charge in [0.15, 0.2) is 6.61 Å². The van der Waals surface area contributed by atoms with Crippen molar-refractivity contribution in [2.75, 3.05) is 6.61 Å². The van der Waals surface area contributed by atoms with Gasteiger partial charge < -0.3 is 15.2 Å². The van der Waals surface area contributed by atoms with E-state index in [1.165, 1.54) is 11.8 Å². The third kappa shape index (κ3) is 5.70. The van der Waals surface area contributed by atoms with Crippen LogP contribution in [0.1, 0.15) is 32.9 Å². The molecule has 1 amide bonds. The molecule has 2 heterocycles. The summed E-state index contributed by atoms with van der Waals surface area (Å²) in [6.07, 6.45) is 0. The first kappa shape index (κ1) is 23.2. The number of primary amides is 1. The third-order valence-electron chi connectivity index (χ3n) is 4.84. The Morgan fingerprint density at radius 1 is 1.06 bits per heavy atom. The van der Waals surface area contributed by atoms with Gasteiger partial charge in [-0.25, -0.2) is 14.3 Å². The molecule has 2 N–H and O–H groups in total. The van der Waals surface area contributed by atoms with Crippen molar-refractivity contribution in [1.82, 2.24) is 19.6 Å². The normalized spacial score (nSPS) is 10.9. The van der Waals surface area contributed by atoms with E-state index in [1.54, 1.807) is 40.9 Å². The highest BCUT2D eigenvalue weighted by Crippen LogP contribution is 2.24. The second-order valence-corrected chi connectivity index (χ2v) is 8.51. The smallest absolute Gasteiger partial charge is 0.338 e. The molecule has 4 aromatic rings. The van der Waals surface area contributed by atoms with Crippen molar-refractivity contribution in [3.05, 3.63) is 82.7 Å². The number of thioether (sulfide) groups is 1. The predicted molar refractivity (Wildman–Crippen MR) is 127 cm³/mol. The highest BCUT2D eigenvalue weighted by molar-refractivity contribution is 7.98. The zero-order chi connectivity index (χ0) is 24.1. The van der Waals surface area contributed by atoms with Crippen molar-refractivity contribution in [2.24, 2.45) is 5.73 Å². The van der Waals surface area contributed by atoms with Gasteiger partial charge >= 0.3 is 5.97 Å². The van der Waals surface area contributed by atoms with Crippen LogP contribution < -0.4 is 10.5 Å². The number of carbonyl (C=O) groups is 2. The summed E-state index contributed by atoms with van der Waals surface area (Å²) in [4.78, 5) is 32.6. The minimum atomic E-state index is -0.563. The van der Waals surface area contributed by atoms with Crippen molar-refractivity contribution < 1.29 is 19.1 Å². The van der Waals surface area contributed by atoms with E-state index in [1.807, 2.05) is 32.0 Å². The summed E-state index contributed by atoms with van der Waals surface area (Å²) in [6.45, 7) is 3.72. The monoisotopic (exact) mass is 477 g/mol. The van der Waals surface area contributed by atoms with Crippen LogP contribution >= 0.6 is 11.8 Å². The van der Waals surface area contributed by atoms with Crippen LogP contribution in [0, 0.1) is 13.8 Å². The van der Waals surface area contributed by atoms with Crippen LogP contribution in [-0.2, 0) is 21.9 Å². The van der Waals surface area contributed by atoms with Gasteiger partial charge in [-0.2, -0.15) is 4.98 Å². The van der Waals surface area contributed by atoms with Gasteiger partial charge in [0.25, 0.3) is 11.7 Å². The lowest BCUT2D eigenvalue weighted by Crippen LogP contribution is -2.20. The van der Waals surface area contributed by atoms with Crippen molar-refractivity contribution >= 4 is 29.4 Å². The van der Waals surface area contributed by atoms with E-state index in [2.05, 4.69) is 15.1 Å². The third-order valence-corrected chi connectivity index (χ3v) is 5.73. The molecule has 0 bridgehead atoms. The molecule has 0 aliphatic carbocycles. The molecule has 10 heteroatoms. The number of nitrogens with two attached hydrogens (primary N) is 1. The van der Waals surface area contributed by atoms with Crippen LogP contribution in [-0.4, -0.2) is 38.1 Å². The van der Waals surface area contributed by atoms with Gasteiger partial charge in [0, 0.05) is 17.1 Å². The largest absolute Gasteiger partial charge is 0.484 e. The average Bonchev–Trinajstić information content (AvgIpc) is 3.23. The summed E-state index contributed by atoms with van der Waals surface area (Å²) < 4.78 is 12.5. The maximum Gasteiger partial charge on any atom is 0.338 e. The van der Waals surface area contributed by atoms with Gasteiger partial charge in [-0.05, 0) is 49.2 Å². The van der Waals surface area contributed by atoms with Crippen LogP contribution in [0.2, 0.25) is 0 Å². The Labute approximate surface area is 200 Å². The van der Waals surface area contributed by atoms with Crippen LogP contribution in [0.3, 0.4) is 0 Å². The molecule has 0 radical (unpaired) electrons. The molecule has 4 rings (SSSR count). The molecule has 0 saturated heterocycles. The number of rotatable bonds is 9. The quantitative estimate of drug-likeness (QED) is 0.288. The topological polar surface area (TPSA) is 122 Å². The Morgan fingerprint density at radius 2 is 1.88 bits per heavy atom. The van der Waals surface area contributed by atoms with Crippen molar-refractivity contribution in [3.63, 3.8) is 0 Å². The first-order valence-corrected chi connectivity index (χ1v) is 11.5. The molecule has 174 valence electrons. The van der Waals surface area contributed by atoms with Gasteiger partial charge in [-0.15, -0.1) is 5.10 Å². The molecule has 0 atom stereocenters. The van der Waals surface area contributed by atoms with E-state index in [0.29, 0.717) is 28.0 Å². The van der Waals surface area contributed by atoms with Gasteiger partial charge in [0.05, 0.1) is 5.56 Å². The molecule has 0 aliphatic heterocycles. The number of esters is 1. The van der Waals surface area contributed by atoms with E-state index in [9.17, 15) is 9.59 Å². The molecular weight excluding hydrogens is 454 g/mol. The fourth-order valence-corrected chi connectivity index (χ4v) is 4.12. The van der Waals surface area contributed by atoms with Crippen LogP contribution in [0.5, 0.6) is 5.75 Å². The Hall–Kier alpha value is -3.92. The van der Waals surface area contributed by atoms with Crippen LogP contribution in [0.25, 0.3) is 5.78 Å². The standard InChI is InChI=1S/C24H23N5O4S/c1-15-10-16(2)29-23(26-15)27-24(28-29)34-14-18-7-3-4-9-20(18)22(31)33-12-17-6-5-8-19(11-17)32-13-21(25)30/h3-11H,12-14H2,1-2H3,(H2,25,30). The molecule has 34 heavy (non-hydrogen) atoms. The number of aryl methyl sites for hydroxylation is 2. The molecular formula is C24H23N5O4S.